The van der Waals surface area contributed by atoms with Gasteiger partial charge in [-0.05, 0) is 0 Å². The molecule has 0 bridgehead atoms. The summed E-state index contributed by atoms with van der Waals surface area (Å²) in [7, 11) is 0. The summed E-state index contributed by atoms with van der Waals surface area (Å²) in [6.07, 6.45) is 3.05. The third-order valence-electron chi connectivity index (χ3n) is 0.467. The highest BCUT2D eigenvalue weighted by Crippen LogP contribution is 1.92. The van der Waals surface area contributed by atoms with E-state index in [0.29, 0.717) is 0 Å². The molecule has 0 aromatic rings. The lowest BCUT2D eigenvalue weighted by atomic mass is 10.7. The molecular formula is C3H4N2. The van der Waals surface area contributed by atoms with Crippen LogP contribution in [0.4, 0.5) is 0 Å². The fourth-order valence-electron chi connectivity index (χ4n) is 0.125. The van der Waals surface area contributed by atoms with Crippen LogP contribution >= 0.6 is 0 Å². The number of allylic oxidation sites excluding steroid dienone is 1. The molecule has 0 radical (unpaired) electrons. The normalized spacial score (nSPS) is 15.6. The summed E-state index contributed by atoms with van der Waals surface area (Å²) in [5.41, 5.74) is 0.921. The molecule has 2 nitrogen and oxygen atoms in total. The van der Waals surface area contributed by atoms with E-state index in [2.05, 4.69) is 5.32 Å². The van der Waals surface area contributed by atoms with E-state index in [1.165, 1.54) is 6.21 Å². The molecule has 0 aromatic carbocycles. The molecule has 2 heteroatoms. The van der Waals surface area contributed by atoms with E-state index < -0.39 is 0 Å². The number of nitrogens with one attached hydrogen (secondary N) is 2. The Morgan fingerprint density at radius 2 is 2.60 bits per heavy atom. The van der Waals surface area contributed by atoms with Crippen LogP contribution < -0.4 is 5.32 Å². The second-order valence-electron chi connectivity index (χ2n) is 0.888. The molecule has 26 valence electrons. The number of rotatable bonds is 1. The summed E-state index contributed by atoms with van der Waals surface area (Å²) < 4.78 is 0. The van der Waals surface area contributed by atoms with Crippen molar-refractivity contribution in [3.8, 4) is 0 Å². The highest BCUT2D eigenvalue weighted by Gasteiger charge is 1.96. The molecule has 0 atom stereocenters. The van der Waals surface area contributed by atoms with Gasteiger partial charge >= 0.3 is 0 Å². The maximum absolute atomic E-state index is 6.46. The zero-order valence-corrected chi connectivity index (χ0v) is 2.65. The Hall–Kier alpha value is -0.790. The second kappa shape index (κ2) is 0.578. The molecule has 5 heavy (non-hydrogen) atoms. The largest absolute Gasteiger partial charge is 0.357 e. The van der Waals surface area contributed by atoms with Crippen molar-refractivity contribution in [1.82, 2.24) is 5.32 Å². The summed E-state index contributed by atoms with van der Waals surface area (Å²) in [6, 6.07) is 0. The van der Waals surface area contributed by atoms with Gasteiger partial charge in [-0.25, -0.2) is 0 Å². The summed E-state index contributed by atoms with van der Waals surface area (Å²) in [5, 5.41) is 9.20. The molecule has 2 N–H and O–H groups in total. The van der Waals surface area contributed by atoms with Crippen LogP contribution in [0.1, 0.15) is 0 Å². The highest BCUT2D eigenvalue weighted by atomic mass is 15.0. The van der Waals surface area contributed by atoms with Crippen molar-refractivity contribution in [2.24, 2.45) is 0 Å². The minimum absolute atomic E-state index is 0.921. The third-order valence-corrected chi connectivity index (χ3v) is 0.467. The van der Waals surface area contributed by atoms with Gasteiger partial charge in [-0.15, -0.1) is 0 Å². The second-order valence-corrected chi connectivity index (χ2v) is 0.888. The molecular weight excluding hydrogens is 64.0 g/mol. The maximum Gasteiger partial charge on any atom is 0.0722 e. The first-order chi connectivity index (χ1) is 2.43. The van der Waals surface area contributed by atoms with Crippen molar-refractivity contribution in [2.45, 2.75) is 0 Å². The van der Waals surface area contributed by atoms with E-state index in [9.17, 15) is 0 Å². The van der Waals surface area contributed by atoms with Gasteiger partial charge in [-0.2, -0.15) is 0 Å². The minimum Gasteiger partial charge on any atom is -0.357 e. The Bertz CT molecular complexity index is 80.1. The fraction of sp³-hybridized carbons (Fsp3) is 0. The molecule has 0 spiro atoms. The predicted octanol–water partition coefficient (Wildman–Crippen LogP) is 0.0806. The van der Waals surface area contributed by atoms with Crippen LogP contribution in [0.2, 0.25) is 0 Å². The van der Waals surface area contributed by atoms with Crippen LogP contribution in [-0.2, 0) is 0 Å². The SMILES string of the molecule is N=CC1=CN1. The first-order valence-corrected chi connectivity index (χ1v) is 1.40. The molecule has 0 fully saturated rings. The first kappa shape index (κ1) is 2.45. The average molecular weight is 68.1 g/mol. The van der Waals surface area contributed by atoms with Crippen LogP contribution in [0.3, 0.4) is 0 Å². The molecule has 0 saturated heterocycles. The monoisotopic (exact) mass is 68.0 g/mol. The highest BCUT2D eigenvalue weighted by molar-refractivity contribution is 5.79. The van der Waals surface area contributed by atoms with Crippen LogP contribution in [-0.4, -0.2) is 6.21 Å². The van der Waals surface area contributed by atoms with Gasteiger partial charge in [-0.1, -0.05) is 0 Å². The average Bonchev–Trinajstić information content (AvgIpc) is 2.12. The molecule has 0 aliphatic carbocycles. The summed E-state index contributed by atoms with van der Waals surface area (Å²) in [5.74, 6) is 0. The molecule has 0 unspecified atom stereocenters. The molecule has 0 amide bonds. The van der Waals surface area contributed by atoms with Gasteiger partial charge in [0.05, 0.1) is 5.70 Å². The van der Waals surface area contributed by atoms with Gasteiger partial charge in [0.2, 0.25) is 0 Å². The smallest absolute Gasteiger partial charge is 0.0722 e. The standard InChI is InChI=1S/C3H4N2/c4-1-3-2-5-3/h1-2,4-5H. The van der Waals surface area contributed by atoms with Crippen LogP contribution in [0.15, 0.2) is 11.9 Å². The van der Waals surface area contributed by atoms with Crippen molar-refractivity contribution in [1.29, 1.82) is 5.41 Å². The lowest BCUT2D eigenvalue weighted by molar-refractivity contribution is 1.39. The molecule has 1 aliphatic heterocycles. The van der Waals surface area contributed by atoms with E-state index in [-0.39, 0.29) is 0 Å². The molecule has 0 aromatic heterocycles. The summed E-state index contributed by atoms with van der Waals surface area (Å²) in [6.45, 7) is 0. The van der Waals surface area contributed by atoms with Gasteiger partial charge in [0.1, 0.15) is 0 Å². The third kappa shape index (κ3) is 0.265. The van der Waals surface area contributed by atoms with Gasteiger partial charge in [0.25, 0.3) is 0 Å². The first-order valence-electron chi connectivity index (χ1n) is 1.40. The fourth-order valence-corrected chi connectivity index (χ4v) is 0.125. The zero-order valence-electron chi connectivity index (χ0n) is 2.65. The van der Waals surface area contributed by atoms with Crippen LogP contribution in [0.5, 0.6) is 0 Å². The summed E-state index contributed by atoms with van der Waals surface area (Å²) >= 11 is 0. The van der Waals surface area contributed by atoms with Gasteiger partial charge in [0.15, 0.2) is 0 Å². The van der Waals surface area contributed by atoms with Crippen LogP contribution in [0, 0.1) is 5.41 Å². The number of hydrogen-bond acceptors (Lipinski definition) is 2. The van der Waals surface area contributed by atoms with Gasteiger partial charge < -0.3 is 10.7 Å². The lowest BCUT2D eigenvalue weighted by Gasteiger charge is -1.58. The predicted molar refractivity (Wildman–Crippen MR) is 20.0 cm³/mol. The Labute approximate surface area is 30.0 Å². The molecule has 0 saturated carbocycles. The summed E-state index contributed by atoms with van der Waals surface area (Å²) in [4.78, 5) is 0. The van der Waals surface area contributed by atoms with Crippen molar-refractivity contribution < 1.29 is 0 Å². The zero-order chi connectivity index (χ0) is 3.70. The quantitative estimate of drug-likeness (QED) is 0.420. The van der Waals surface area contributed by atoms with Crippen LogP contribution in [0.25, 0.3) is 0 Å². The maximum atomic E-state index is 6.46. The van der Waals surface area contributed by atoms with Gasteiger partial charge in [-0.3, -0.25) is 0 Å². The van der Waals surface area contributed by atoms with E-state index in [4.69, 9.17) is 5.41 Å². The minimum atomic E-state index is 0.921. The Kier molecular flexibility index (Phi) is 0.283. The van der Waals surface area contributed by atoms with E-state index in [0.717, 1.165) is 5.70 Å². The lowest BCUT2D eigenvalue weighted by Crippen LogP contribution is -1.74. The Morgan fingerprint density at radius 1 is 2.00 bits per heavy atom. The van der Waals surface area contributed by atoms with Crippen molar-refractivity contribution in [2.75, 3.05) is 0 Å². The number of hydrogen-bond donors (Lipinski definition) is 2. The molecule has 1 rings (SSSR count). The van der Waals surface area contributed by atoms with Crippen molar-refractivity contribution >= 4 is 6.21 Å². The Morgan fingerprint density at radius 3 is 2.60 bits per heavy atom. The van der Waals surface area contributed by atoms with E-state index in [1.54, 1.807) is 6.20 Å². The Balaban J connectivity index is 2.49. The van der Waals surface area contributed by atoms with E-state index in [1.807, 2.05) is 0 Å². The van der Waals surface area contributed by atoms with Gasteiger partial charge in [0, 0.05) is 12.4 Å². The molecule has 1 aliphatic rings. The van der Waals surface area contributed by atoms with Crippen molar-refractivity contribution in [3.05, 3.63) is 11.9 Å². The molecule has 1 heterocycles. The van der Waals surface area contributed by atoms with E-state index >= 15 is 0 Å². The topological polar surface area (TPSA) is 45.8 Å². The van der Waals surface area contributed by atoms with Crippen molar-refractivity contribution in [3.63, 3.8) is 0 Å².